The molecule has 1 aromatic carbocycles. The van der Waals surface area contributed by atoms with Gasteiger partial charge in [0.2, 0.25) is 5.43 Å². The average molecular weight is 445 g/mol. The number of benzene rings is 1. The van der Waals surface area contributed by atoms with Gasteiger partial charge in [-0.1, -0.05) is 25.5 Å². The number of rotatable bonds is 4. The van der Waals surface area contributed by atoms with Gasteiger partial charge < -0.3 is 18.9 Å². The molecule has 7 heteroatoms. The number of fused-ring (bicyclic) bond motifs is 1. The molecule has 0 saturated carbocycles. The van der Waals surface area contributed by atoms with Gasteiger partial charge in [-0.25, -0.2) is 9.59 Å². The van der Waals surface area contributed by atoms with Crippen molar-refractivity contribution in [3.63, 3.8) is 0 Å². The van der Waals surface area contributed by atoms with E-state index in [-0.39, 0.29) is 29.6 Å². The Bertz CT molecular complexity index is 1020. The van der Waals surface area contributed by atoms with Gasteiger partial charge >= 0.3 is 12.1 Å². The van der Waals surface area contributed by atoms with Crippen molar-refractivity contribution >= 4 is 23.0 Å². The Balaban J connectivity index is 0.00000176. The Morgan fingerprint density at radius 2 is 1.88 bits per heavy atom. The Labute approximate surface area is 190 Å². The number of hydrogen-bond acceptors (Lipinski definition) is 5. The molecular formula is C25H36N2O5. The number of esters is 1. The lowest BCUT2D eigenvalue weighted by molar-refractivity contribution is 0.0287. The van der Waals surface area contributed by atoms with Crippen molar-refractivity contribution in [1.29, 1.82) is 0 Å². The molecule has 1 saturated heterocycles. The molecule has 3 rings (SSSR count). The lowest BCUT2D eigenvalue weighted by atomic mass is 10.1. The first-order valence-electron chi connectivity index (χ1n) is 11.4. The summed E-state index contributed by atoms with van der Waals surface area (Å²) in [4.78, 5) is 39.3. The van der Waals surface area contributed by atoms with Crippen molar-refractivity contribution < 1.29 is 19.1 Å². The first-order chi connectivity index (χ1) is 15.1. The summed E-state index contributed by atoms with van der Waals surface area (Å²) >= 11 is 0. The van der Waals surface area contributed by atoms with Gasteiger partial charge in [-0.2, -0.15) is 0 Å². The van der Waals surface area contributed by atoms with E-state index < -0.39 is 11.6 Å². The minimum absolute atomic E-state index is 0.0388. The van der Waals surface area contributed by atoms with Crippen molar-refractivity contribution in [1.82, 2.24) is 9.47 Å². The summed E-state index contributed by atoms with van der Waals surface area (Å²) < 4.78 is 12.5. The number of carbonyl (C=O) groups is 2. The fraction of sp³-hybridized carbons (Fsp3) is 0.560. The Kier molecular flexibility index (Phi) is 8.47. The minimum Gasteiger partial charge on any atom is -0.462 e. The maximum atomic E-state index is 12.9. The van der Waals surface area contributed by atoms with Crippen molar-refractivity contribution in [2.75, 3.05) is 19.7 Å². The lowest BCUT2D eigenvalue weighted by Gasteiger charge is -2.24. The standard InChI is InChI=1S/C23H30N2O5.C2H6/c1-6-29-21(27)18-14-25(19-8-7-15(2)11-17(19)20(18)26)13-16-9-10-24(12-16)22(28)30-23(3,4)5;1-2/h7-8,11,14,16H,6,9-10,12-13H2,1-5H3;1-2H3. The number of aromatic nitrogens is 1. The minimum atomic E-state index is -0.610. The van der Waals surface area contributed by atoms with Crippen molar-refractivity contribution in [3.8, 4) is 0 Å². The fourth-order valence-corrected chi connectivity index (χ4v) is 3.77. The molecule has 1 fully saturated rings. The van der Waals surface area contributed by atoms with Gasteiger partial charge in [0.25, 0.3) is 0 Å². The summed E-state index contributed by atoms with van der Waals surface area (Å²) in [7, 11) is 0. The van der Waals surface area contributed by atoms with E-state index in [0.717, 1.165) is 17.5 Å². The van der Waals surface area contributed by atoms with Crippen LogP contribution in [-0.4, -0.2) is 46.8 Å². The molecule has 0 bridgehead atoms. The molecule has 7 nitrogen and oxygen atoms in total. The van der Waals surface area contributed by atoms with Crippen LogP contribution in [0.2, 0.25) is 0 Å². The highest BCUT2D eigenvalue weighted by Crippen LogP contribution is 2.23. The Hall–Kier alpha value is -2.83. The smallest absolute Gasteiger partial charge is 0.410 e. The summed E-state index contributed by atoms with van der Waals surface area (Å²) in [5.74, 6) is -0.416. The molecule has 0 radical (unpaired) electrons. The quantitative estimate of drug-likeness (QED) is 0.635. The van der Waals surface area contributed by atoms with Crippen LogP contribution in [0.3, 0.4) is 0 Å². The number of ether oxygens (including phenoxy) is 2. The molecule has 2 heterocycles. The average Bonchev–Trinajstić information content (AvgIpc) is 3.19. The van der Waals surface area contributed by atoms with E-state index >= 15 is 0 Å². The highest BCUT2D eigenvalue weighted by Gasteiger charge is 2.30. The van der Waals surface area contributed by atoms with Gasteiger partial charge in [0.1, 0.15) is 11.2 Å². The van der Waals surface area contributed by atoms with Gasteiger partial charge in [-0.05, 0) is 59.1 Å². The monoisotopic (exact) mass is 444 g/mol. The van der Waals surface area contributed by atoms with Gasteiger partial charge in [-0.3, -0.25) is 4.79 Å². The second-order valence-corrected chi connectivity index (χ2v) is 8.85. The number of likely N-dealkylation sites (tertiary alicyclic amines) is 1. The summed E-state index contributed by atoms with van der Waals surface area (Å²) in [5, 5.41) is 0.502. The third-order valence-corrected chi connectivity index (χ3v) is 5.12. The maximum Gasteiger partial charge on any atom is 0.410 e. The predicted molar refractivity (Wildman–Crippen MR) is 126 cm³/mol. The molecule has 1 aliphatic heterocycles. The first kappa shape index (κ1) is 25.4. The summed E-state index contributed by atoms with van der Waals surface area (Å²) in [6, 6.07) is 5.66. The SMILES string of the molecule is CC.CCOC(=O)c1cn(CC2CCN(C(=O)OC(C)(C)C)C2)c2ccc(C)cc2c1=O. The summed E-state index contributed by atoms with van der Waals surface area (Å²) in [5.41, 5.74) is 0.914. The van der Waals surface area contributed by atoms with Crippen LogP contribution in [0.15, 0.2) is 29.2 Å². The zero-order chi connectivity index (χ0) is 24.1. The second kappa shape index (κ2) is 10.7. The molecule has 0 aliphatic carbocycles. The van der Waals surface area contributed by atoms with Crippen LogP contribution in [0, 0.1) is 12.8 Å². The van der Waals surface area contributed by atoms with Crippen molar-refractivity contribution in [2.24, 2.45) is 5.92 Å². The number of pyridine rings is 1. The highest BCUT2D eigenvalue weighted by molar-refractivity contribution is 5.93. The number of aryl methyl sites for hydroxylation is 1. The van der Waals surface area contributed by atoms with E-state index in [9.17, 15) is 14.4 Å². The molecule has 1 unspecified atom stereocenters. The molecule has 2 aromatic rings. The topological polar surface area (TPSA) is 77.8 Å². The van der Waals surface area contributed by atoms with Crippen LogP contribution in [0.5, 0.6) is 0 Å². The van der Waals surface area contributed by atoms with Crippen molar-refractivity contribution in [2.45, 2.75) is 67.0 Å². The van der Waals surface area contributed by atoms with Gasteiger partial charge in [0.05, 0.1) is 12.1 Å². The van der Waals surface area contributed by atoms with E-state index in [1.54, 1.807) is 24.1 Å². The van der Waals surface area contributed by atoms with Gasteiger partial charge in [-0.15, -0.1) is 0 Å². The van der Waals surface area contributed by atoms with E-state index in [4.69, 9.17) is 9.47 Å². The van der Waals surface area contributed by atoms with E-state index in [1.165, 1.54) is 0 Å². The zero-order valence-corrected chi connectivity index (χ0v) is 20.4. The number of nitrogens with zero attached hydrogens (tertiary/aromatic N) is 2. The fourth-order valence-electron chi connectivity index (χ4n) is 3.77. The number of carbonyl (C=O) groups excluding carboxylic acids is 2. The van der Waals surface area contributed by atoms with Crippen LogP contribution in [0.1, 0.15) is 63.9 Å². The molecule has 1 aromatic heterocycles. The van der Waals surface area contributed by atoms with Crippen LogP contribution in [0.25, 0.3) is 10.9 Å². The van der Waals surface area contributed by atoms with Crippen molar-refractivity contribution in [3.05, 3.63) is 45.7 Å². The van der Waals surface area contributed by atoms with Crippen LogP contribution in [-0.2, 0) is 16.0 Å². The highest BCUT2D eigenvalue weighted by atomic mass is 16.6. The van der Waals surface area contributed by atoms with E-state index in [0.29, 0.717) is 25.0 Å². The molecule has 1 atom stereocenters. The molecule has 1 amide bonds. The van der Waals surface area contributed by atoms with Gasteiger partial charge in [0.15, 0.2) is 0 Å². The first-order valence-corrected chi connectivity index (χ1v) is 11.4. The lowest BCUT2D eigenvalue weighted by Crippen LogP contribution is -2.35. The maximum absolute atomic E-state index is 12.9. The molecular weight excluding hydrogens is 408 g/mol. The van der Waals surface area contributed by atoms with Gasteiger partial charge in [0, 0.05) is 31.2 Å². The number of hydrogen-bond donors (Lipinski definition) is 0. The third-order valence-electron chi connectivity index (χ3n) is 5.12. The molecule has 1 aliphatic rings. The predicted octanol–water partition coefficient (Wildman–Crippen LogP) is 4.77. The Morgan fingerprint density at radius 3 is 2.50 bits per heavy atom. The van der Waals surface area contributed by atoms with Crippen LogP contribution < -0.4 is 5.43 Å². The second-order valence-electron chi connectivity index (χ2n) is 8.85. The molecule has 0 N–H and O–H groups in total. The summed E-state index contributed by atoms with van der Waals surface area (Å²) in [6.07, 6.45) is 2.11. The largest absolute Gasteiger partial charge is 0.462 e. The van der Waals surface area contributed by atoms with E-state index in [1.807, 2.05) is 58.2 Å². The summed E-state index contributed by atoms with van der Waals surface area (Å²) in [6.45, 7) is 15.2. The normalized spacial score (nSPS) is 15.8. The third kappa shape index (κ3) is 6.11. The van der Waals surface area contributed by atoms with Crippen LogP contribution in [0.4, 0.5) is 4.79 Å². The molecule has 0 spiro atoms. The van der Waals surface area contributed by atoms with E-state index in [2.05, 4.69) is 0 Å². The Morgan fingerprint density at radius 1 is 1.19 bits per heavy atom. The molecule has 32 heavy (non-hydrogen) atoms. The molecule has 176 valence electrons. The zero-order valence-electron chi connectivity index (χ0n) is 20.4. The van der Waals surface area contributed by atoms with Crippen LogP contribution >= 0.6 is 0 Å². The number of amides is 1.